The molecular formula is C26H47N3O. The smallest absolute Gasteiger partial charge is 0.119 e. The van der Waals surface area contributed by atoms with Gasteiger partial charge in [0.15, 0.2) is 0 Å². The van der Waals surface area contributed by atoms with Crippen molar-refractivity contribution in [1.82, 2.24) is 4.90 Å². The second kappa shape index (κ2) is 11.4. The van der Waals surface area contributed by atoms with E-state index in [0.717, 1.165) is 45.0 Å². The molecule has 2 rings (SSSR count). The highest BCUT2D eigenvalue weighted by Crippen LogP contribution is 2.27. The van der Waals surface area contributed by atoms with E-state index >= 15 is 0 Å². The molecule has 4 nitrogen and oxygen atoms in total. The standard InChI is InChI=1S/C26H47N3O/c1-20(2)12-15-29(23-8-10-25(11-9-23)30-19-26(5,6)7)24-13-14-28(18-24)17-22(27)16-21(3)4/h8-11,20-22,24H,12-19,27H2,1-7H3. The van der Waals surface area contributed by atoms with Gasteiger partial charge in [-0.2, -0.15) is 0 Å². The molecule has 0 amide bonds. The normalized spacial score (nSPS) is 18.9. The summed E-state index contributed by atoms with van der Waals surface area (Å²) in [4.78, 5) is 5.20. The van der Waals surface area contributed by atoms with E-state index in [9.17, 15) is 0 Å². The molecule has 0 bridgehead atoms. The van der Waals surface area contributed by atoms with Crippen LogP contribution >= 0.6 is 0 Å². The number of nitrogens with two attached hydrogens (primary N) is 1. The van der Waals surface area contributed by atoms with E-state index < -0.39 is 0 Å². The maximum Gasteiger partial charge on any atom is 0.119 e. The maximum atomic E-state index is 6.39. The Balaban J connectivity index is 2.01. The Morgan fingerprint density at radius 2 is 1.77 bits per heavy atom. The van der Waals surface area contributed by atoms with Crippen molar-refractivity contribution < 1.29 is 4.74 Å². The van der Waals surface area contributed by atoms with Crippen LogP contribution in [0.2, 0.25) is 0 Å². The van der Waals surface area contributed by atoms with E-state index in [-0.39, 0.29) is 11.5 Å². The van der Waals surface area contributed by atoms with E-state index in [1.165, 1.54) is 18.5 Å². The van der Waals surface area contributed by atoms with Crippen LogP contribution in [0, 0.1) is 17.3 Å². The van der Waals surface area contributed by atoms with Crippen LogP contribution in [-0.2, 0) is 0 Å². The number of anilines is 1. The molecule has 1 aliphatic heterocycles. The highest BCUT2D eigenvalue weighted by atomic mass is 16.5. The van der Waals surface area contributed by atoms with Crippen molar-refractivity contribution in [2.24, 2.45) is 23.0 Å². The fraction of sp³-hybridized carbons (Fsp3) is 0.769. The van der Waals surface area contributed by atoms with Crippen LogP contribution in [0.15, 0.2) is 24.3 Å². The van der Waals surface area contributed by atoms with Crippen LogP contribution in [0.5, 0.6) is 5.75 Å². The van der Waals surface area contributed by atoms with Gasteiger partial charge >= 0.3 is 0 Å². The summed E-state index contributed by atoms with van der Waals surface area (Å²) >= 11 is 0. The number of nitrogens with zero attached hydrogens (tertiary/aromatic N) is 2. The lowest BCUT2D eigenvalue weighted by Crippen LogP contribution is -2.41. The average molecular weight is 418 g/mol. The Kier molecular flexibility index (Phi) is 9.49. The Bertz CT molecular complexity index is 606. The third-order valence-corrected chi connectivity index (χ3v) is 5.74. The molecular weight excluding hydrogens is 370 g/mol. The number of likely N-dealkylation sites (tertiary alicyclic amines) is 1. The highest BCUT2D eigenvalue weighted by molar-refractivity contribution is 5.50. The first-order valence-corrected chi connectivity index (χ1v) is 12.0. The minimum absolute atomic E-state index is 0.172. The maximum absolute atomic E-state index is 6.39. The summed E-state index contributed by atoms with van der Waals surface area (Å²) in [5, 5.41) is 0. The molecule has 1 aliphatic rings. The predicted molar refractivity (Wildman–Crippen MR) is 130 cm³/mol. The van der Waals surface area contributed by atoms with Gasteiger partial charge in [-0.15, -0.1) is 0 Å². The van der Waals surface area contributed by atoms with E-state index in [1.54, 1.807) is 0 Å². The van der Waals surface area contributed by atoms with Crippen molar-refractivity contribution in [3.8, 4) is 5.75 Å². The molecule has 0 aromatic heterocycles. The molecule has 1 aromatic rings. The molecule has 1 saturated heterocycles. The Morgan fingerprint density at radius 3 is 2.33 bits per heavy atom. The first kappa shape index (κ1) is 25.0. The lowest BCUT2D eigenvalue weighted by Gasteiger charge is -2.32. The average Bonchev–Trinajstić information content (AvgIpc) is 3.07. The summed E-state index contributed by atoms with van der Waals surface area (Å²) in [5.74, 6) is 2.34. The summed E-state index contributed by atoms with van der Waals surface area (Å²) in [7, 11) is 0. The predicted octanol–water partition coefficient (Wildman–Crippen LogP) is 5.41. The van der Waals surface area contributed by atoms with Crippen molar-refractivity contribution in [3.05, 3.63) is 24.3 Å². The third-order valence-electron chi connectivity index (χ3n) is 5.74. The lowest BCUT2D eigenvalue weighted by atomic mass is 9.99. The van der Waals surface area contributed by atoms with Gasteiger partial charge in [-0.25, -0.2) is 0 Å². The summed E-state index contributed by atoms with van der Waals surface area (Å²) in [6, 6.07) is 9.60. The number of ether oxygens (including phenoxy) is 1. The molecule has 0 radical (unpaired) electrons. The molecule has 1 heterocycles. The zero-order valence-electron chi connectivity index (χ0n) is 20.7. The van der Waals surface area contributed by atoms with Crippen molar-refractivity contribution in [2.45, 2.75) is 79.8 Å². The van der Waals surface area contributed by atoms with Crippen molar-refractivity contribution in [3.63, 3.8) is 0 Å². The summed E-state index contributed by atoms with van der Waals surface area (Å²) in [6.45, 7) is 20.9. The van der Waals surface area contributed by atoms with Crippen LogP contribution in [0.25, 0.3) is 0 Å². The quantitative estimate of drug-likeness (QED) is 0.522. The van der Waals surface area contributed by atoms with Crippen LogP contribution in [0.3, 0.4) is 0 Å². The Morgan fingerprint density at radius 1 is 1.10 bits per heavy atom. The molecule has 0 saturated carbocycles. The van der Waals surface area contributed by atoms with Crippen molar-refractivity contribution in [1.29, 1.82) is 0 Å². The van der Waals surface area contributed by atoms with E-state index in [0.29, 0.717) is 17.9 Å². The van der Waals surface area contributed by atoms with Crippen LogP contribution in [0.4, 0.5) is 5.69 Å². The molecule has 0 spiro atoms. The number of benzene rings is 1. The third kappa shape index (κ3) is 8.85. The first-order valence-electron chi connectivity index (χ1n) is 12.0. The lowest BCUT2D eigenvalue weighted by molar-refractivity contribution is 0.198. The van der Waals surface area contributed by atoms with Gasteiger partial charge in [-0.3, -0.25) is 4.90 Å². The SMILES string of the molecule is CC(C)CCN(c1ccc(OCC(C)(C)C)cc1)C1CCN(CC(N)CC(C)C)C1. The molecule has 0 aliphatic carbocycles. The van der Waals surface area contributed by atoms with Gasteiger partial charge in [-0.05, 0) is 60.8 Å². The molecule has 4 heteroatoms. The summed E-state index contributed by atoms with van der Waals surface area (Å²) < 4.78 is 5.98. The topological polar surface area (TPSA) is 41.7 Å². The zero-order chi connectivity index (χ0) is 22.3. The number of hydrogen-bond donors (Lipinski definition) is 1. The second-order valence-corrected chi connectivity index (χ2v) is 11.3. The molecule has 2 unspecified atom stereocenters. The van der Waals surface area contributed by atoms with Gasteiger partial charge in [0, 0.05) is 44.0 Å². The van der Waals surface area contributed by atoms with E-state index in [1.807, 2.05) is 0 Å². The molecule has 1 aromatic carbocycles. The zero-order valence-corrected chi connectivity index (χ0v) is 20.7. The van der Waals surface area contributed by atoms with Gasteiger partial charge in [0.25, 0.3) is 0 Å². The van der Waals surface area contributed by atoms with Crippen LogP contribution < -0.4 is 15.4 Å². The van der Waals surface area contributed by atoms with Gasteiger partial charge in [0.1, 0.15) is 5.75 Å². The van der Waals surface area contributed by atoms with Gasteiger partial charge in [-0.1, -0.05) is 48.5 Å². The fourth-order valence-corrected chi connectivity index (χ4v) is 4.20. The largest absolute Gasteiger partial charge is 0.493 e. The van der Waals surface area contributed by atoms with Crippen LogP contribution in [0.1, 0.15) is 67.7 Å². The summed E-state index contributed by atoms with van der Waals surface area (Å²) in [5.41, 5.74) is 7.88. The number of rotatable bonds is 11. The van der Waals surface area contributed by atoms with E-state index in [4.69, 9.17) is 10.5 Å². The van der Waals surface area contributed by atoms with Gasteiger partial charge in [0.2, 0.25) is 0 Å². The molecule has 1 fully saturated rings. The summed E-state index contributed by atoms with van der Waals surface area (Å²) in [6.07, 6.45) is 3.54. The molecule has 2 atom stereocenters. The highest BCUT2D eigenvalue weighted by Gasteiger charge is 2.29. The Labute approximate surface area is 186 Å². The molecule has 2 N–H and O–H groups in total. The minimum atomic E-state index is 0.172. The van der Waals surface area contributed by atoms with Crippen molar-refractivity contribution in [2.75, 3.05) is 37.7 Å². The van der Waals surface area contributed by atoms with Crippen molar-refractivity contribution >= 4 is 5.69 Å². The molecule has 30 heavy (non-hydrogen) atoms. The minimum Gasteiger partial charge on any atom is -0.493 e. The Hall–Kier alpha value is -1.26. The molecule has 172 valence electrons. The van der Waals surface area contributed by atoms with Gasteiger partial charge in [0.05, 0.1) is 6.61 Å². The fourth-order valence-electron chi connectivity index (χ4n) is 4.20. The number of hydrogen-bond acceptors (Lipinski definition) is 4. The van der Waals surface area contributed by atoms with E-state index in [2.05, 4.69) is 82.5 Å². The monoisotopic (exact) mass is 417 g/mol. The van der Waals surface area contributed by atoms with Gasteiger partial charge < -0.3 is 15.4 Å². The van der Waals surface area contributed by atoms with Crippen LogP contribution in [-0.4, -0.2) is 49.8 Å². The first-order chi connectivity index (χ1) is 14.0. The second-order valence-electron chi connectivity index (χ2n) is 11.3.